The number of halogens is 1. The molecule has 1 aromatic heterocycles. The number of aromatic nitrogens is 2. The van der Waals surface area contributed by atoms with Crippen LogP contribution in [0, 0.1) is 0 Å². The van der Waals surface area contributed by atoms with E-state index in [0.717, 1.165) is 9.50 Å². The average molecular weight is 236 g/mol. The van der Waals surface area contributed by atoms with E-state index in [1.54, 1.807) is 11.8 Å². The van der Waals surface area contributed by atoms with Crippen LogP contribution in [0.4, 0.5) is 5.82 Å². The number of hydrogen-bond donors (Lipinski definition) is 2. The van der Waals surface area contributed by atoms with Crippen LogP contribution in [0.15, 0.2) is 9.50 Å². The fourth-order valence-electron chi connectivity index (χ4n) is 0.626. The Labute approximate surface area is 78.3 Å². The maximum Gasteiger partial charge on any atom is 0.135 e. The predicted molar refractivity (Wildman–Crippen MR) is 51.7 cm³/mol. The van der Waals surface area contributed by atoms with E-state index in [-0.39, 0.29) is 0 Å². The lowest BCUT2D eigenvalue weighted by Crippen LogP contribution is -1.86. The van der Waals surface area contributed by atoms with Crippen molar-refractivity contribution in [2.24, 2.45) is 0 Å². The van der Waals surface area contributed by atoms with Crippen molar-refractivity contribution in [3.8, 4) is 0 Å². The van der Waals surface area contributed by atoms with Crippen molar-refractivity contribution in [3.63, 3.8) is 0 Å². The summed E-state index contributed by atoms with van der Waals surface area (Å²) in [4.78, 5) is 0. The monoisotopic (exact) mass is 235 g/mol. The first-order valence-electron chi connectivity index (χ1n) is 3.27. The molecule has 0 atom stereocenters. The van der Waals surface area contributed by atoms with Crippen LogP contribution >= 0.6 is 27.7 Å². The lowest BCUT2D eigenvalue weighted by molar-refractivity contribution is 0.993. The van der Waals surface area contributed by atoms with Gasteiger partial charge in [0.1, 0.15) is 10.8 Å². The van der Waals surface area contributed by atoms with Gasteiger partial charge < -0.3 is 5.73 Å². The molecule has 1 heterocycles. The molecule has 1 aromatic rings. The molecule has 0 fully saturated rings. The standard InChI is InChI=1S/C6H10BrN3S/c1-3(2)11-6-4(7)5(8)9-10-6/h3H,1-2H3,(H3,8,9,10). The van der Waals surface area contributed by atoms with Crippen LogP contribution in [0.1, 0.15) is 13.8 Å². The Kier molecular flexibility index (Phi) is 2.84. The smallest absolute Gasteiger partial charge is 0.135 e. The number of nitrogen functional groups attached to an aromatic ring is 1. The lowest BCUT2D eigenvalue weighted by atomic mass is 10.6. The van der Waals surface area contributed by atoms with E-state index in [2.05, 4.69) is 40.0 Å². The summed E-state index contributed by atoms with van der Waals surface area (Å²) in [5.74, 6) is 0.591. The van der Waals surface area contributed by atoms with Crippen LogP contribution in [-0.4, -0.2) is 15.4 Å². The van der Waals surface area contributed by atoms with Gasteiger partial charge in [-0.25, -0.2) is 0 Å². The summed E-state index contributed by atoms with van der Waals surface area (Å²) in [7, 11) is 0. The summed E-state index contributed by atoms with van der Waals surface area (Å²) < 4.78 is 0.871. The molecule has 0 unspecified atom stereocenters. The summed E-state index contributed by atoms with van der Waals surface area (Å²) in [6.07, 6.45) is 0. The molecule has 11 heavy (non-hydrogen) atoms. The van der Waals surface area contributed by atoms with Gasteiger partial charge in [0.15, 0.2) is 0 Å². The van der Waals surface area contributed by atoms with Crippen molar-refractivity contribution in [3.05, 3.63) is 4.47 Å². The SMILES string of the molecule is CC(C)Sc1n[nH]c(N)c1Br. The van der Waals surface area contributed by atoms with Crippen LogP contribution in [0.5, 0.6) is 0 Å². The van der Waals surface area contributed by atoms with Gasteiger partial charge in [0, 0.05) is 5.25 Å². The Morgan fingerprint density at radius 2 is 2.27 bits per heavy atom. The van der Waals surface area contributed by atoms with Crippen molar-refractivity contribution in [1.82, 2.24) is 10.2 Å². The topological polar surface area (TPSA) is 54.7 Å². The number of nitrogens with one attached hydrogen (secondary N) is 1. The fourth-order valence-corrected chi connectivity index (χ4v) is 1.84. The van der Waals surface area contributed by atoms with Crippen molar-refractivity contribution in [1.29, 1.82) is 0 Å². The molecule has 0 spiro atoms. The van der Waals surface area contributed by atoms with Crippen LogP contribution in [0.25, 0.3) is 0 Å². The Bertz CT molecular complexity index is 246. The zero-order valence-corrected chi connectivity index (χ0v) is 8.79. The molecule has 0 aromatic carbocycles. The van der Waals surface area contributed by atoms with Gasteiger partial charge in [-0.15, -0.1) is 11.8 Å². The third-order valence-electron chi connectivity index (χ3n) is 1.05. The number of nitrogens with two attached hydrogens (primary N) is 1. The zero-order valence-electron chi connectivity index (χ0n) is 6.39. The second-order valence-corrected chi connectivity index (χ2v) is 4.78. The van der Waals surface area contributed by atoms with Gasteiger partial charge in [-0.05, 0) is 15.9 Å². The largest absolute Gasteiger partial charge is 0.383 e. The van der Waals surface area contributed by atoms with Gasteiger partial charge in [-0.3, -0.25) is 5.10 Å². The molecule has 0 aliphatic heterocycles. The number of anilines is 1. The molecule has 0 saturated carbocycles. The summed E-state index contributed by atoms with van der Waals surface area (Å²) in [5.41, 5.74) is 5.54. The van der Waals surface area contributed by atoms with Gasteiger partial charge in [0.2, 0.25) is 0 Å². The molecule has 62 valence electrons. The number of thioether (sulfide) groups is 1. The molecular weight excluding hydrogens is 226 g/mol. The summed E-state index contributed by atoms with van der Waals surface area (Å²) >= 11 is 5.02. The molecule has 0 saturated heterocycles. The minimum absolute atomic E-state index is 0.522. The highest BCUT2D eigenvalue weighted by atomic mass is 79.9. The number of rotatable bonds is 2. The maximum atomic E-state index is 5.54. The van der Waals surface area contributed by atoms with Gasteiger partial charge in [-0.2, -0.15) is 5.10 Å². The van der Waals surface area contributed by atoms with E-state index in [1.807, 2.05) is 0 Å². The Morgan fingerprint density at radius 3 is 2.64 bits per heavy atom. The molecule has 0 radical (unpaired) electrons. The highest BCUT2D eigenvalue weighted by molar-refractivity contribution is 9.10. The Morgan fingerprint density at radius 1 is 1.64 bits per heavy atom. The van der Waals surface area contributed by atoms with Crippen LogP contribution in [0.2, 0.25) is 0 Å². The van der Waals surface area contributed by atoms with Gasteiger partial charge in [-0.1, -0.05) is 13.8 Å². The molecule has 5 heteroatoms. The van der Waals surface area contributed by atoms with Gasteiger partial charge >= 0.3 is 0 Å². The van der Waals surface area contributed by atoms with Gasteiger partial charge in [0.05, 0.1) is 4.47 Å². The Hall–Kier alpha value is -0.160. The maximum absolute atomic E-state index is 5.54. The normalized spacial score (nSPS) is 10.9. The number of nitrogens with zero attached hydrogens (tertiary/aromatic N) is 1. The number of H-pyrrole nitrogens is 1. The van der Waals surface area contributed by atoms with Crippen LogP contribution < -0.4 is 5.73 Å². The van der Waals surface area contributed by atoms with Crippen molar-refractivity contribution < 1.29 is 0 Å². The minimum Gasteiger partial charge on any atom is -0.383 e. The zero-order chi connectivity index (χ0) is 8.43. The molecule has 0 aliphatic rings. The molecular formula is C6H10BrN3S. The molecule has 1 rings (SSSR count). The van der Waals surface area contributed by atoms with E-state index in [0.29, 0.717) is 11.1 Å². The van der Waals surface area contributed by atoms with E-state index in [4.69, 9.17) is 5.73 Å². The van der Waals surface area contributed by atoms with Crippen LogP contribution in [-0.2, 0) is 0 Å². The van der Waals surface area contributed by atoms with E-state index >= 15 is 0 Å². The van der Waals surface area contributed by atoms with Crippen molar-refractivity contribution in [2.75, 3.05) is 5.73 Å². The van der Waals surface area contributed by atoms with Gasteiger partial charge in [0.25, 0.3) is 0 Å². The quantitative estimate of drug-likeness (QED) is 0.774. The van der Waals surface area contributed by atoms with E-state index in [9.17, 15) is 0 Å². The first-order chi connectivity index (χ1) is 5.11. The van der Waals surface area contributed by atoms with Crippen molar-refractivity contribution >= 4 is 33.5 Å². The third kappa shape index (κ3) is 2.13. The summed E-state index contributed by atoms with van der Waals surface area (Å²) in [5, 5.41) is 8.17. The number of aromatic amines is 1. The third-order valence-corrected chi connectivity index (χ3v) is 3.10. The number of hydrogen-bond acceptors (Lipinski definition) is 3. The highest BCUT2D eigenvalue weighted by Gasteiger charge is 2.09. The average Bonchev–Trinajstić information content (AvgIpc) is 2.18. The summed E-state index contributed by atoms with van der Waals surface area (Å²) in [6.45, 7) is 4.23. The summed E-state index contributed by atoms with van der Waals surface area (Å²) in [6, 6.07) is 0. The van der Waals surface area contributed by atoms with E-state index in [1.165, 1.54) is 0 Å². The minimum atomic E-state index is 0.522. The first-order valence-corrected chi connectivity index (χ1v) is 4.94. The first kappa shape index (κ1) is 8.93. The molecule has 0 bridgehead atoms. The molecule has 3 nitrogen and oxygen atoms in total. The van der Waals surface area contributed by atoms with Crippen LogP contribution in [0.3, 0.4) is 0 Å². The molecule has 3 N–H and O–H groups in total. The Balaban J connectivity index is 2.79. The van der Waals surface area contributed by atoms with E-state index < -0.39 is 0 Å². The second kappa shape index (κ2) is 3.49. The van der Waals surface area contributed by atoms with Crippen molar-refractivity contribution in [2.45, 2.75) is 24.1 Å². The second-order valence-electron chi connectivity index (χ2n) is 2.42. The fraction of sp³-hybridized carbons (Fsp3) is 0.500. The lowest BCUT2D eigenvalue weighted by Gasteiger charge is -1.99. The predicted octanol–water partition coefficient (Wildman–Crippen LogP) is 2.25. The molecule has 0 amide bonds. The highest BCUT2D eigenvalue weighted by Crippen LogP contribution is 2.31. The molecule has 0 aliphatic carbocycles.